The standard InChI is InChI=1S/C10H11NO/c1-12-9-6-8-4-2-3-5-10(8)11-7-9/h2,4,6-7H,3,5H2,1H3. The molecule has 0 saturated heterocycles. The van der Waals surface area contributed by atoms with Gasteiger partial charge in [0.15, 0.2) is 0 Å². The van der Waals surface area contributed by atoms with Crippen LogP contribution in [0.4, 0.5) is 0 Å². The van der Waals surface area contributed by atoms with E-state index in [1.807, 2.05) is 6.07 Å². The summed E-state index contributed by atoms with van der Waals surface area (Å²) in [6.45, 7) is 0. The molecule has 1 aromatic heterocycles. The van der Waals surface area contributed by atoms with Crippen LogP contribution in [0.5, 0.6) is 5.75 Å². The van der Waals surface area contributed by atoms with E-state index in [0.29, 0.717) is 0 Å². The van der Waals surface area contributed by atoms with E-state index >= 15 is 0 Å². The summed E-state index contributed by atoms with van der Waals surface area (Å²) < 4.78 is 5.08. The summed E-state index contributed by atoms with van der Waals surface area (Å²) in [5.41, 5.74) is 2.37. The van der Waals surface area contributed by atoms with Gasteiger partial charge in [0.05, 0.1) is 13.3 Å². The van der Waals surface area contributed by atoms with E-state index in [1.165, 1.54) is 11.3 Å². The predicted octanol–water partition coefficient (Wildman–Crippen LogP) is 2.05. The zero-order valence-electron chi connectivity index (χ0n) is 7.08. The number of aryl methyl sites for hydroxylation is 1. The monoisotopic (exact) mass is 161 g/mol. The van der Waals surface area contributed by atoms with Crippen molar-refractivity contribution < 1.29 is 4.74 Å². The van der Waals surface area contributed by atoms with Gasteiger partial charge in [0.2, 0.25) is 0 Å². The Bertz CT molecular complexity index is 318. The molecule has 0 aromatic carbocycles. The third-order valence-corrected chi connectivity index (χ3v) is 2.06. The highest BCUT2D eigenvalue weighted by atomic mass is 16.5. The van der Waals surface area contributed by atoms with Crippen LogP contribution >= 0.6 is 0 Å². The lowest BCUT2D eigenvalue weighted by atomic mass is 10.0. The molecule has 0 fully saturated rings. The second-order valence-corrected chi connectivity index (χ2v) is 2.85. The topological polar surface area (TPSA) is 22.1 Å². The lowest BCUT2D eigenvalue weighted by molar-refractivity contribution is 0.412. The molecule has 1 aliphatic carbocycles. The molecule has 0 aliphatic heterocycles. The largest absolute Gasteiger partial charge is 0.495 e. The molecule has 1 aromatic rings. The number of pyridine rings is 1. The fourth-order valence-corrected chi connectivity index (χ4v) is 1.39. The highest BCUT2D eigenvalue weighted by Crippen LogP contribution is 2.20. The Hall–Kier alpha value is -1.31. The molecule has 0 saturated carbocycles. The molecular weight excluding hydrogens is 150 g/mol. The van der Waals surface area contributed by atoms with Crippen molar-refractivity contribution in [3.05, 3.63) is 29.6 Å². The number of fused-ring (bicyclic) bond motifs is 1. The SMILES string of the molecule is COc1cnc2c(c1)C=CCC2. The Morgan fingerprint density at radius 3 is 3.25 bits per heavy atom. The van der Waals surface area contributed by atoms with E-state index in [2.05, 4.69) is 17.1 Å². The Morgan fingerprint density at radius 2 is 2.42 bits per heavy atom. The van der Waals surface area contributed by atoms with E-state index in [9.17, 15) is 0 Å². The molecule has 0 bridgehead atoms. The highest BCUT2D eigenvalue weighted by molar-refractivity contribution is 5.55. The Balaban J connectivity index is 2.44. The first kappa shape index (κ1) is 7.35. The molecule has 0 amide bonds. The molecule has 0 N–H and O–H groups in total. The fourth-order valence-electron chi connectivity index (χ4n) is 1.39. The molecule has 12 heavy (non-hydrogen) atoms. The number of ether oxygens (including phenoxy) is 1. The normalized spacial score (nSPS) is 14.1. The minimum absolute atomic E-state index is 0.834. The smallest absolute Gasteiger partial charge is 0.137 e. The fraction of sp³-hybridized carbons (Fsp3) is 0.300. The van der Waals surface area contributed by atoms with E-state index in [0.717, 1.165) is 18.6 Å². The van der Waals surface area contributed by atoms with Gasteiger partial charge in [-0.15, -0.1) is 0 Å². The number of methoxy groups -OCH3 is 1. The number of hydrogen-bond donors (Lipinski definition) is 0. The molecule has 1 aliphatic rings. The molecule has 0 spiro atoms. The molecule has 62 valence electrons. The number of rotatable bonds is 1. The number of nitrogens with zero attached hydrogens (tertiary/aromatic N) is 1. The first-order valence-corrected chi connectivity index (χ1v) is 4.09. The van der Waals surface area contributed by atoms with E-state index in [4.69, 9.17) is 4.74 Å². The molecule has 2 nitrogen and oxygen atoms in total. The minimum atomic E-state index is 0.834. The van der Waals surface area contributed by atoms with Crippen LogP contribution in [0.1, 0.15) is 17.7 Å². The molecule has 0 radical (unpaired) electrons. The molecule has 0 atom stereocenters. The summed E-state index contributed by atoms with van der Waals surface area (Å²) in [5.74, 6) is 0.834. The van der Waals surface area contributed by atoms with Crippen molar-refractivity contribution >= 4 is 6.08 Å². The average Bonchev–Trinajstić information content (AvgIpc) is 2.17. The quantitative estimate of drug-likeness (QED) is 0.629. The Kier molecular flexibility index (Phi) is 1.82. The third kappa shape index (κ3) is 1.20. The van der Waals surface area contributed by atoms with Gasteiger partial charge in [-0.25, -0.2) is 0 Å². The predicted molar refractivity (Wildman–Crippen MR) is 48.1 cm³/mol. The number of allylic oxidation sites excluding steroid dienone is 1. The van der Waals surface area contributed by atoms with Gasteiger partial charge in [0, 0.05) is 5.69 Å². The summed E-state index contributed by atoms with van der Waals surface area (Å²) in [5, 5.41) is 0. The second-order valence-electron chi connectivity index (χ2n) is 2.85. The minimum Gasteiger partial charge on any atom is -0.495 e. The summed E-state index contributed by atoms with van der Waals surface area (Å²) in [6.07, 6.45) is 8.21. The molecular formula is C10H11NO. The van der Waals surface area contributed by atoms with Crippen LogP contribution in [-0.4, -0.2) is 12.1 Å². The van der Waals surface area contributed by atoms with Gasteiger partial charge in [-0.05, 0) is 24.5 Å². The van der Waals surface area contributed by atoms with Crippen LogP contribution in [0.2, 0.25) is 0 Å². The van der Waals surface area contributed by atoms with Crippen molar-refractivity contribution in [2.45, 2.75) is 12.8 Å². The van der Waals surface area contributed by atoms with Crippen molar-refractivity contribution in [1.29, 1.82) is 0 Å². The lowest BCUT2D eigenvalue weighted by Crippen LogP contribution is -1.98. The Morgan fingerprint density at radius 1 is 1.50 bits per heavy atom. The van der Waals surface area contributed by atoms with E-state index in [1.54, 1.807) is 13.3 Å². The average molecular weight is 161 g/mol. The summed E-state index contributed by atoms with van der Waals surface area (Å²) in [6, 6.07) is 2.03. The van der Waals surface area contributed by atoms with Gasteiger partial charge in [0.25, 0.3) is 0 Å². The Labute approximate surface area is 71.9 Å². The highest BCUT2D eigenvalue weighted by Gasteiger charge is 2.05. The van der Waals surface area contributed by atoms with E-state index in [-0.39, 0.29) is 0 Å². The molecule has 2 rings (SSSR count). The van der Waals surface area contributed by atoms with Crippen molar-refractivity contribution in [1.82, 2.24) is 4.98 Å². The summed E-state index contributed by atoms with van der Waals surface area (Å²) >= 11 is 0. The maximum absolute atomic E-state index is 5.08. The maximum atomic E-state index is 5.08. The van der Waals surface area contributed by atoms with Crippen LogP contribution in [0.25, 0.3) is 6.08 Å². The second kappa shape index (κ2) is 2.97. The lowest BCUT2D eigenvalue weighted by Gasteiger charge is -2.09. The van der Waals surface area contributed by atoms with Gasteiger partial charge < -0.3 is 4.74 Å². The van der Waals surface area contributed by atoms with Crippen LogP contribution < -0.4 is 4.74 Å². The molecule has 0 unspecified atom stereocenters. The maximum Gasteiger partial charge on any atom is 0.137 e. The third-order valence-electron chi connectivity index (χ3n) is 2.06. The van der Waals surface area contributed by atoms with Crippen molar-refractivity contribution in [2.75, 3.05) is 7.11 Å². The molecule has 2 heteroatoms. The van der Waals surface area contributed by atoms with Gasteiger partial charge >= 0.3 is 0 Å². The van der Waals surface area contributed by atoms with Gasteiger partial charge in [-0.3, -0.25) is 4.98 Å². The summed E-state index contributed by atoms with van der Waals surface area (Å²) in [4.78, 5) is 4.31. The molecule has 1 heterocycles. The van der Waals surface area contributed by atoms with Gasteiger partial charge in [-0.2, -0.15) is 0 Å². The van der Waals surface area contributed by atoms with Crippen LogP contribution in [0, 0.1) is 0 Å². The van der Waals surface area contributed by atoms with Gasteiger partial charge in [0.1, 0.15) is 5.75 Å². The zero-order valence-corrected chi connectivity index (χ0v) is 7.08. The van der Waals surface area contributed by atoms with Crippen molar-refractivity contribution in [3.63, 3.8) is 0 Å². The number of hydrogen-bond acceptors (Lipinski definition) is 2. The van der Waals surface area contributed by atoms with Gasteiger partial charge in [-0.1, -0.05) is 12.2 Å². The van der Waals surface area contributed by atoms with Crippen LogP contribution in [0.3, 0.4) is 0 Å². The van der Waals surface area contributed by atoms with Crippen molar-refractivity contribution in [2.24, 2.45) is 0 Å². The van der Waals surface area contributed by atoms with Crippen molar-refractivity contribution in [3.8, 4) is 5.75 Å². The number of aromatic nitrogens is 1. The zero-order chi connectivity index (χ0) is 8.39. The summed E-state index contributed by atoms with van der Waals surface area (Å²) in [7, 11) is 1.66. The van der Waals surface area contributed by atoms with Crippen LogP contribution in [-0.2, 0) is 6.42 Å². The van der Waals surface area contributed by atoms with E-state index < -0.39 is 0 Å². The van der Waals surface area contributed by atoms with Crippen LogP contribution in [0.15, 0.2) is 18.3 Å². The first-order chi connectivity index (χ1) is 5.90. The first-order valence-electron chi connectivity index (χ1n) is 4.09.